The van der Waals surface area contributed by atoms with Crippen LogP contribution in [0.5, 0.6) is 0 Å². The Morgan fingerprint density at radius 1 is 1.10 bits per heavy atom. The smallest absolute Gasteiger partial charge is 0.399 e. The molecule has 0 radical (unpaired) electrons. The van der Waals surface area contributed by atoms with Crippen LogP contribution in [0.3, 0.4) is 0 Å². The fourth-order valence-corrected chi connectivity index (χ4v) is 2.78. The summed E-state index contributed by atoms with van der Waals surface area (Å²) in [6, 6.07) is 0. The molecule has 2 fully saturated rings. The van der Waals surface area contributed by atoms with E-state index in [1.807, 2.05) is 19.8 Å². The molecule has 2 rings (SSSR count). The second kappa shape index (κ2) is 6.41. The molecule has 1 aliphatic carbocycles. The summed E-state index contributed by atoms with van der Waals surface area (Å²) in [5.74, 6) is 2.00. The third-order valence-corrected chi connectivity index (χ3v) is 4.36. The van der Waals surface area contributed by atoms with Crippen LogP contribution in [0.2, 0.25) is 0 Å². The molecule has 0 bridgehead atoms. The van der Waals surface area contributed by atoms with Crippen molar-refractivity contribution < 1.29 is 9.31 Å². The van der Waals surface area contributed by atoms with E-state index < -0.39 is 18.3 Å². The number of rotatable bonds is 5. The van der Waals surface area contributed by atoms with Gasteiger partial charge in [0.05, 0.1) is 24.3 Å². The van der Waals surface area contributed by atoms with Crippen LogP contribution in [-0.2, 0) is 9.31 Å². The third-order valence-electron chi connectivity index (χ3n) is 4.36. The van der Waals surface area contributed by atoms with Crippen LogP contribution < -0.4 is 0 Å². The van der Waals surface area contributed by atoms with Crippen LogP contribution >= 0.6 is 0 Å². The predicted molar refractivity (Wildman–Crippen MR) is 79.3 cm³/mol. The normalized spacial score (nSPS) is 31.7. The van der Waals surface area contributed by atoms with Gasteiger partial charge in [-0.25, -0.2) is 0 Å². The van der Waals surface area contributed by atoms with Gasteiger partial charge < -0.3 is 9.31 Å². The van der Waals surface area contributed by atoms with E-state index in [4.69, 9.17) is 20.4 Å². The zero-order valence-corrected chi connectivity index (χ0v) is 12.4. The molecular weight excluding hydrogens is 271 g/mol. The lowest BCUT2D eigenvalue weighted by atomic mass is 9.86. The van der Waals surface area contributed by atoms with Gasteiger partial charge >= 0.3 is 7.12 Å². The average molecular weight is 290 g/mol. The van der Waals surface area contributed by atoms with E-state index in [0.29, 0.717) is 0 Å². The largest absolute Gasteiger partial charge is 0.487 e. The Morgan fingerprint density at radius 2 is 1.57 bits per heavy atom. The molecule has 0 amide bonds. The van der Waals surface area contributed by atoms with Gasteiger partial charge in [-0.15, -0.1) is 0 Å². The maximum absolute atomic E-state index is 8.55. The molecule has 2 aliphatic rings. The summed E-state index contributed by atoms with van der Waals surface area (Å²) in [5, 5.41) is 7.23. The molecule has 0 aromatic heterocycles. The summed E-state index contributed by atoms with van der Waals surface area (Å²) in [6.07, 6.45) is 4.54. The van der Waals surface area contributed by atoms with Crippen LogP contribution in [0.15, 0.2) is 21.8 Å². The van der Waals surface area contributed by atoms with Crippen LogP contribution in [0.4, 0.5) is 0 Å². The quantitative estimate of drug-likeness (QED) is 0.332. The maximum atomic E-state index is 8.55. The van der Waals surface area contributed by atoms with Crippen LogP contribution in [0, 0.1) is 0 Å². The topological polar surface area (TPSA) is 116 Å². The summed E-state index contributed by atoms with van der Waals surface area (Å²) in [6.45, 7) is 3.89. The van der Waals surface area contributed by atoms with Crippen LogP contribution in [0.1, 0.15) is 39.5 Å². The first-order valence-corrected chi connectivity index (χ1v) is 7.10. The highest BCUT2D eigenvalue weighted by Crippen LogP contribution is 2.39. The summed E-state index contributed by atoms with van der Waals surface area (Å²) < 4.78 is 12.0. The van der Waals surface area contributed by atoms with Crippen molar-refractivity contribution in [2.75, 3.05) is 13.1 Å². The Kier molecular flexibility index (Phi) is 4.80. The molecule has 0 aromatic carbocycles. The molecule has 8 nitrogen and oxygen atoms in total. The lowest BCUT2D eigenvalue weighted by Crippen LogP contribution is -2.51. The molecule has 0 spiro atoms. The number of hydrogen-bond acceptors (Lipinski definition) is 4. The fourth-order valence-electron chi connectivity index (χ4n) is 2.78. The first-order chi connectivity index (χ1) is 10.0. The predicted octanol–water partition coefficient (Wildman–Crippen LogP) is 3.70. The minimum atomic E-state index is -0.826. The summed E-state index contributed by atoms with van der Waals surface area (Å²) in [5.41, 5.74) is 16.8. The molecule has 2 atom stereocenters. The Balaban J connectivity index is 2.21. The van der Waals surface area contributed by atoms with E-state index in [1.54, 1.807) is 0 Å². The van der Waals surface area contributed by atoms with Gasteiger partial charge in [-0.1, -0.05) is 21.8 Å². The van der Waals surface area contributed by atoms with E-state index in [-0.39, 0.29) is 13.1 Å². The van der Waals surface area contributed by atoms with Gasteiger partial charge in [-0.2, -0.15) is 0 Å². The van der Waals surface area contributed by atoms with Gasteiger partial charge in [0, 0.05) is 9.82 Å². The van der Waals surface area contributed by atoms with Gasteiger partial charge in [0.15, 0.2) is 0 Å². The van der Waals surface area contributed by atoms with Gasteiger partial charge in [0.1, 0.15) is 0 Å². The lowest BCUT2D eigenvalue weighted by Gasteiger charge is -2.37. The third kappa shape index (κ3) is 3.33. The van der Waals surface area contributed by atoms with E-state index in [2.05, 4.69) is 20.1 Å². The Bertz CT molecular complexity index is 486. The lowest BCUT2D eigenvalue weighted by molar-refractivity contribution is -0.00903. The molecule has 21 heavy (non-hydrogen) atoms. The minimum absolute atomic E-state index is 0.126. The van der Waals surface area contributed by atoms with E-state index in [9.17, 15) is 0 Å². The highest BCUT2D eigenvalue weighted by atomic mass is 16.7. The molecule has 0 N–H and O–H groups in total. The van der Waals surface area contributed by atoms with Gasteiger partial charge in [-0.3, -0.25) is 0 Å². The van der Waals surface area contributed by atoms with Crippen molar-refractivity contribution in [2.45, 2.75) is 50.7 Å². The highest BCUT2D eigenvalue weighted by molar-refractivity contribution is 6.51. The van der Waals surface area contributed by atoms with Crippen molar-refractivity contribution in [3.8, 4) is 0 Å². The van der Waals surface area contributed by atoms with E-state index >= 15 is 0 Å². The first-order valence-electron chi connectivity index (χ1n) is 7.10. The molecule has 2 unspecified atom stereocenters. The second-order valence-corrected chi connectivity index (χ2v) is 5.88. The van der Waals surface area contributed by atoms with E-state index in [0.717, 1.165) is 12.8 Å². The Labute approximate surface area is 123 Å². The SMILES string of the molecule is CC1(CN=[N+]=[N-])OB(C=C2CCCC2)OC1(C)CN=[N+]=[N-]. The molecule has 0 aromatic rings. The number of azide groups is 2. The zero-order chi connectivity index (χ0) is 15.3. The Morgan fingerprint density at radius 3 is 2.00 bits per heavy atom. The number of hydrogen-bond donors (Lipinski definition) is 0. The molecule has 1 aliphatic heterocycles. The van der Waals surface area contributed by atoms with Crippen LogP contribution in [-0.4, -0.2) is 31.4 Å². The van der Waals surface area contributed by atoms with Crippen molar-refractivity contribution >= 4 is 7.12 Å². The van der Waals surface area contributed by atoms with Crippen molar-refractivity contribution in [2.24, 2.45) is 10.2 Å². The van der Waals surface area contributed by atoms with Gasteiger partial charge in [-0.05, 0) is 50.6 Å². The van der Waals surface area contributed by atoms with Crippen molar-refractivity contribution in [1.29, 1.82) is 0 Å². The summed E-state index contributed by atoms with van der Waals surface area (Å²) >= 11 is 0. The molecule has 112 valence electrons. The summed E-state index contributed by atoms with van der Waals surface area (Å²) in [7, 11) is -0.490. The van der Waals surface area contributed by atoms with E-state index in [1.165, 1.54) is 18.4 Å². The maximum Gasteiger partial charge on any atom is 0.487 e. The average Bonchev–Trinajstić information content (AvgIpc) is 3.03. The molecular formula is C12H19BN6O2. The second-order valence-electron chi connectivity index (χ2n) is 5.88. The minimum Gasteiger partial charge on any atom is -0.399 e. The molecule has 1 saturated heterocycles. The van der Waals surface area contributed by atoms with Crippen LogP contribution in [0.25, 0.3) is 20.9 Å². The van der Waals surface area contributed by atoms with Gasteiger partial charge in [0.25, 0.3) is 0 Å². The van der Waals surface area contributed by atoms with Crippen molar-refractivity contribution in [3.63, 3.8) is 0 Å². The molecule has 1 saturated carbocycles. The van der Waals surface area contributed by atoms with Crippen molar-refractivity contribution in [1.82, 2.24) is 0 Å². The highest BCUT2D eigenvalue weighted by Gasteiger charge is 2.55. The zero-order valence-electron chi connectivity index (χ0n) is 12.4. The summed E-state index contributed by atoms with van der Waals surface area (Å²) in [4.78, 5) is 5.58. The Hall–Kier alpha value is -1.66. The van der Waals surface area contributed by atoms with Gasteiger partial charge in [0.2, 0.25) is 0 Å². The first kappa shape index (κ1) is 15.7. The standard InChI is InChI=1S/C12H19BN6O2/c1-11(8-16-18-14)12(2,9-17-19-15)21-13(20-11)7-10-5-3-4-6-10/h7H,3-6,8-9H2,1-2H3. The van der Waals surface area contributed by atoms with Crippen molar-refractivity contribution in [3.05, 3.63) is 32.4 Å². The fraction of sp³-hybridized carbons (Fsp3) is 0.833. The number of nitrogens with zero attached hydrogens (tertiary/aromatic N) is 6. The molecule has 9 heteroatoms. The monoisotopic (exact) mass is 290 g/mol. The number of allylic oxidation sites excluding steroid dienone is 1. The molecule has 1 heterocycles.